The van der Waals surface area contributed by atoms with Gasteiger partial charge in [-0.05, 0) is 57.2 Å². The van der Waals surface area contributed by atoms with Gasteiger partial charge < -0.3 is 8.98 Å². The first-order chi connectivity index (χ1) is 15.2. The highest BCUT2D eigenvalue weighted by molar-refractivity contribution is 9.10. The van der Waals surface area contributed by atoms with E-state index in [1.807, 2.05) is 42.7 Å². The fraction of sp³-hybridized carbons (Fsp3) is 0.130. The Bertz CT molecular complexity index is 1400. The third-order valence-electron chi connectivity index (χ3n) is 5.19. The highest BCUT2D eigenvalue weighted by atomic mass is 79.9. The van der Waals surface area contributed by atoms with Gasteiger partial charge in [-0.15, -0.1) is 0 Å². The summed E-state index contributed by atoms with van der Waals surface area (Å²) in [6, 6.07) is 14.2. The Morgan fingerprint density at radius 2 is 1.94 bits per heavy atom. The molecule has 0 aliphatic carbocycles. The molecule has 0 aliphatic rings. The van der Waals surface area contributed by atoms with Crippen LogP contribution < -0.4 is 5.43 Å². The molecule has 0 aliphatic heterocycles. The third kappa shape index (κ3) is 4.06. The van der Waals surface area contributed by atoms with Crippen molar-refractivity contribution in [3.8, 4) is 5.69 Å². The molecule has 2 aromatic carbocycles. The summed E-state index contributed by atoms with van der Waals surface area (Å²) in [5.41, 5.74) is 6.94. The number of carbonyl (C=O) groups is 1. The summed E-state index contributed by atoms with van der Waals surface area (Å²) >= 11 is 3.39. The van der Waals surface area contributed by atoms with Crippen molar-refractivity contribution in [1.29, 1.82) is 0 Å². The normalized spacial score (nSPS) is 11.4. The number of aromatic nitrogens is 1. The number of carbonyl (C=O) groups excluding carboxylic acids is 1. The van der Waals surface area contributed by atoms with Crippen LogP contribution in [0, 0.1) is 30.9 Å². The molecule has 0 bridgehead atoms. The van der Waals surface area contributed by atoms with Crippen LogP contribution in [0.1, 0.15) is 33.1 Å². The molecule has 4 rings (SSSR count). The quantitative estimate of drug-likeness (QED) is 0.222. The molecule has 2 aromatic heterocycles. The van der Waals surface area contributed by atoms with Crippen molar-refractivity contribution < 1.29 is 14.1 Å². The number of amides is 1. The second-order valence-electron chi connectivity index (χ2n) is 7.38. The molecule has 0 saturated carbocycles. The maximum Gasteiger partial charge on any atom is 0.307 e. The van der Waals surface area contributed by atoms with Gasteiger partial charge in [0.15, 0.2) is 5.76 Å². The van der Waals surface area contributed by atoms with Gasteiger partial charge in [0, 0.05) is 38.4 Å². The maximum atomic E-state index is 12.4. The number of hydrogen-bond donors (Lipinski definition) is 1. The largest absolute Gasteiger partial charge is 0.451 e. The van der Waals surface area contributed by atoms with Gasteiger partial charge in [-0.25, -0.2) is 5.43 Å². The number of hydrogen-bond acceptors (Lipinski definition) is 5. The Hall–Kier alpha value is -3.72. The Kier molecular flexibility index (Phi) is 5.67. The lowest BCUT2D eigenvalue weighted by atomic mass is 10.2. The lowest BCUT2D eigenvalue weighted by molar-refractivity contribution is -0.385. The zero-order chi connectivity index (χ0) is 23.0. The van der Waals surface area contributed by atoms with E-state index in [2.05, 4.69) is 26.5 Å². The fourth-order valence-electron chi connectivity index (χ4n) is 3.59. The lowest BCUT2D eigenvalue weighted by Gasteiger charge is -2.10. The number of aryl methyl sites for hydroxylation is 2. The van der Waals surface area contributed by atoms with Crippen LogP contribution in [-0.2, 0) is 0 Å². The SMILES string of the molecule is Cc1ccc(-n2c(C)cc(/C=N/NC(=O)c3cc4cc(Br)ccc4o3)c2C)cc1[N+](=O)[O-]. The van der Waals surface area contributed by atoms with E-state index >= 15 is 0 Å². The first kappa shape index (κ1) is 21.5. The molecule has 0 fully saturated rings. The number of halogens is 1. The minimum absolute atomic E-state index is 0.0651. The Morgan fingerprint density at radius 1 is 1.16 bits per heavy atom. The van der Waals surface area contributed by atoms with Crippen LogP contribution >= 0.6 is 15.9 Å². The Labute approximate surface area is 191 Å². The van der Waals surface area contributed by atoms with Crippen LogP contribution in [0.2, 0.25) is 0 Å². The van der Waals surface area contributed by atoms with E-state index in [0.29, 0.717) is 16.8 Å². The van der Waals surface area contributed by atoms with Crippen LogP contribution in [-0.4, -0.2) is 21.6 Å². The third-order valence-corrected chi connectivity index (χ3v) is 5.68. The molecule has 0 atom stereocenters. The topological polar surface area (TPSA) is 103 Å². The van der Waals surface area contributed by atoms with Crippen LogP contribution in [0.5, 0.6) is 0 Å². The summed E-state index contributed by atoms with van der Waals surface area (Å²) in [5, 5.41) is 16.2. The van der Waals surface area contributed by atoms with Crippen molar-refractivity contribution in [1.82, 2.24) is 9.99 Å². The molecule has 4 aromatic rings. The standard InChI is InChI=1S/C23H19BrN4O4/c1-13-4-6-19(11-20(13)28(30)31)27-14(2)8-17(15(27)3)12-25-26-23(29)22-10-16-9-18(24)5-7-21(16)32-22/h4-12H,1-3H3,(H,26,29)/b25-12+. The average molecular weight is 495 g/mol. The number of nitrogens with one attached hydrogen (secondary N) is 1. The highest BCUT2D eigenvalue weighted by Crippen LogP contribution is 2.26. The summed E-state index contributed by atoms with van der Waals surface area (Å²) in [5.74, 6) is -0.302. The first-order valence-corrected chi connectivity index (χ1v) is 10.5. The van der Waals surface area contributed by atoms with Crippen molar-refractivity contribution in [2.45, 2.75) is 20.8 Å². The van der Waals surface area contributed by atoms with E-state index in [9.17, 15) is 14.9 Å². The van der Waals surface area contributed by atoms with E-state index in [0.717, 1.165) is 26.8 Å². The molecule has 0 unspecified atom stereocenters. The molecule has 0 spiro atoms. The van der Waals surface area contributed by atoms with Gasteiger partial charge in [0.05, 0.1) is 16.8 Å². The fourth-order valence-corrected chi connectivity index (χ4v) is 3.97. The number of nitro groups is 1. The molecule has 1 amide bonds. The molecule has 0 radical (unpaired) electrons. The van der Waals surface area contributed by atoms with Crippen molar-refractivity contribution in [3.05, 3.63) is 91.4 Å². The highest BCUT2D eigenvalue weighted by Gasteiger charge is 2.16. The molecule has 32 heavy (non-hydrogen) atoms. The van der Waals surface area contributed by atoms with E-state index in [1.165, 1.54) is 0 Å². The van der Waals surface area contributed by atoms with Gasteiger partial charge in [-0.1, -0.05) is 22.0 Å². The molecule has 162 valence electrons. The van der Waals surface area contributed by atoms with Crippen LogP contribution in [0.4, 0.5) is 5.69 Å². The summed E-state index contributed by atoms with van der Waals surface area (Å²) in [7, 11) is 0. The molecule has 8 nitrogen and oxygen atoms in total. The van der Waals surface area contributed by atoms with Crippen molar-refractivity contribution in [2.75, 3.05) is 0 Å². The van der Waals surface area contributed by atoms with E-state index in [1.54, 1.807) is 37.4 Å². The average Bonchev–Trinajstić information content (AvgIpc) is 3.28. The van der Waals surface area contributed by atoms with E-state index < -0.39 is 5.91 Å². The van der Waals surface area contributed by atoms with Crippen molar-refractivity contribution in [2.24, 2.45) is 5.10 Å². The minimum Gasteiger partial charge on any atom is -0.451 e. The lowest BCUT2D eigenvalue weighted by Crippen LogP contribution is -2.16. The summed E-state index contributed by atoms with van der Waals surface area (Å²) in [6.45, 7) is 5.50. The summed E-state index contributed by atoms with van der Waals surface area (Å²) in [4.78, 5) is 23.3. The second kappa shape index (κ2) is 8.43. The number of rotatable bonds is 5. The molecule has 0 saturated heterocycles. The zero-order valence-electron chi connectivity index (χ0n) is 17.5. The number of furan rings is 1. The smallest absolute Gasteiger partial charge is 0.307 e. The van der Waals surface area contributed by atoms with Gasteiger partial charge in [0.2, 0.25) is 0 Å². The molecule has 9 heteroatoms. The molecule has 2 heterocycles. The zero-order valence-corrected chi connectivity index (χ0v) is 19.1. The van der Waals surface area contributed by atoms with Crippen LogP contribution in [0.3, 0.4) is 0 Å². The molecular formula is C23H19BrN4O4. The van der Waals surface area contributed by atoms with E-state index in [-0.39, 0.29) is 16.4 Å². The van der Waals surface area contributed by atoms with Gasteiger partial charge in [0.1, 0.15) is 5.58 Å². The number of benzene rings is 2. The first-order valence-electron chi connectivity index (χ1n) is 9.71. The van der Waals surface area contributed by atoms with Crippen LogP contribution in [0.25, 0.3) is 16.7 Å². The van der Waals surface area contributed by atoms with Crippen molar-refractivity contribution in [3.63, 3.8) is 0 Å². The number of nitro benzene ring substituents is 1. The second-order valence-corrected chi connectivity index (χ2v) is 8.30. The van der Waals surface area contributed by atoms with Gasteiger partial charge in [0.25, 0.3) is 5.69 Å². The predicted octanol–water partition coefficient (Wildman–Crippen LogP) is 5.58. The van der Waals surface area contributed by atoms with Gasteiger partial charge in [-0.3, -0.25) is 14.9 Å². The predicted molar refractivity (Wildman–Crippen MR) is 126 cm³/mol. The molecular weight excluding hydrogens is 476 g/mol. The van der Waals surface area contributed by atoms with Crippen LogP contribution in [0.15, 0.2) is 62.5 Å². The maximum absolute atomic E-state index is 12.4. The summed E-state index contributed by atoms with van der Waals surface area (Å²) in [6.07, 6.45) is 1.54. The number of fused-ring (bicyclic) bond motifs is 1. The Balaban J connectivity index is 1.55. The van der Waals surface area contributed by atoms with Gasteiger partial charge in [-0.2, -0.15) is 5.10 Å². The number of nitrogens with zero attached hydrogens (tertiary/aromatic N) is 3. The van der Waals surface area contributed by atoms with Crippen molar-refractivity contribution >= 4 is 44.7 Å². The number of hydrazone groups is 1. The summed E-state index contributed by atoms with van der Waals surface area (Å²) < 4.78 is 8.37. The Morgan fingerprint density at radius 3 is 2.69 bits per heavy atom. The van der Waals surface area contributed by atoms with Gasteiger partial charge >= 0.3 is 5.91 Å². The minimum atomic E-state index is -0.462. The molecule has 1 N–H and O–H groups in total. The van der Waals surface area contributed by atoms with E-state index in [4.69, 9.17) is 4.42 Å². The monoisotopic (exact) mass is 494 g/mol.